The molecule has 0 spiro atoms. The number of carbonyl (C=O) groups excluding carboxylic acids is 1. The van der Waals surface area contributed by atoms with E-state index in [1.807, 2.05) is 17.8 Å². The minimum absolute atomic E-state index is 0.0245. The lowest BCUT2D eigenvalue weighted by Gasteiger charge is -2.24. The van der Waals surface area contributed by atoms with E-state index in [0.717, 1.165) is 58.7 Å². The van der Waals surface area contributed by atoms with E-state index in [0.29, 0.717) is 0 Å². The highest BCUT2D eigenvalue weighted by Gasteiger charge is 2.23. The van der Waals surface area contributed by atoms with Crippen molar-refractivity contribution >= 4 is 33.1 Å². The third kappa shape index (κ3) is 2.61. The number of rotatable bonds is 4. The summed E-state index contributed by atoms with van der Waals surface area (Å²) in [6.07, 6.45) is 7.03. The Hall–Kier alpha value is -1.20. The molecule has 22 heavy (non-hydrogen) atoms. The monoisotopic (exact) mass is 364 g/mol. The molecule has 2 aromatic rings. The van der Waals surface area contributed by atoms with Crippen LogP contribution in [0.15, 0.2) is 16.7 Å². The fourth-order valence-corrected chi connectivity index (χ4v) is 4.17. The zero-order valence-corrected chi connectivity index (χ0v) is 14.6. The number of nitrogens with zero attached hydrogens (tertiary/aromatic N) is 2. The molecule has 0 bridgehead atoms. The first-order valence-corrected chi connectivity index (χ1v) is 8.69. The summed E-state index contributed by atoms with van der Waals surface area (Å²) in [6.45, 7) is 4.90. The van der Waals surface area contributed by atoms with Gasteiger partial charge in [-0.1, -0.05) is 6.92 Å². The quantitative estimate of drug-likeness (QED) is 0.750. The molecule has 1 aromatic heterocycles. The largest absolute Gasteiger partial charge is 0.356 e. The molecule has 1 aromatic carbocycles. The molecule has 2 unspecified atom stereocenters. The Labute approximate surface area is 139 Å². The van der Waals surface area contributed by atoms with Crippen LogP contribution in [0.25, 0.3) is 10.9 Å². The molecule has 0 radical (unpaired) electrons. The molecule has 1 fully saturated rings. The lowest BCUT2D eigenvalue weighted by Crippen LogP contribution is -2.19. The topological polar surface area (TPSA) is 44.1 Å². The SMILES string of the molecule is CCC(C=O)c1c(C)cc2c(cnn2C2CCCCO2)c1Br. The maximum absolute atomic E-state index is 11.4. The van der Waals surface area contributed by atoms with E-state index in [-0.39, 0.29) is 12.1 Å². The summed E-state index contributed by atoms with van der Waals surface area (Å²) in [7, 11) is 0. The van der Waals surface area contributed by atoms with Gasteiger partial charge in [-0.2, -0.15) is 5.10 Å². The summed E-state index contributed by atoms with van der Waals surface area (Å²) in [6, 6.07) is 2.13. The molecule has 1 saturated heterocycles. The van der Waals surface area contributed by atoms with E-state index in [2.05, 4.69) is 34.0 Å². The molecule has 0 aliphatic carbocycles. The van der Waals surface area contributed by atoms with E-state index in [1.165, 1.54) is 6.42 Å². The average molecular weight is 365 g/mol. The number of fused-ring (bicyclic) bond motifs is 1. The molecular formula is C17H21BrN2O2. The van der Waals surface area contributed by atoms with Gasteiger partial charge >= 0.3 is 0 Å². The summed E-state index contributed by atoms with van der Waals surface area (Å²) in [4.78, 5) is 11.4. The minimum atomic E-state index is -0.0759. The molecule has 0 N–H and O–H groups in total. The number of aldehydes is 1. The van der Waals surface area contributed by atoms with Gasteiger partial charge in [0.15, 0.2) is 6.23 Å². The number of halogens is 1. The second-order valence-corrected chi connectivity index (χ2v) is 6.71. The van der Waals surface area contributed by atoms with Crippen LogP contribution in [0.1, 0.15) is 55.9 Å². The number of aryl methyl sites for hydroxylation is 1. The van der Waals surface area contributed by atoms with Crippen molar-refractivity contribution in [1.29, 1.82) is 0 Å². The van der Waals surface area contributed by atoms with Gasteiger partial charge in [0.25, 0.3) is 0 Å². The van der Waals surface area contributed by atoms with Gasteiger partial charge in [-0.15, -0.1) is 0 Å². The van der Waals surface area contributed by atoms with Crippen LogP contribution in [0.2, 0.25) is 0 Å². The minimum Gasteiger partial charge on any atom is -0.356 e. The number of benzene rings is 1. The normalized spacial score (nSPS) is 20.2. The molecule has 5 heteroatoms. The highest BCUT2D eigenvalue weighted by atomic mass is 79.9. The Morgan fingerprint density at radius 2 is 2.36 bits per heavy atom. The van der Waals surface area contributed by atoms with E-state index < -0.39 is 0 Å². The number of hydrogen-bond acceptors (Lipinski definition) is 3. The molecule has 2 atom stereocenters. The molecular weight excluding hydrogens is 344 g/mol. The zero-order valence-electron chi connectivity index (χ0n) is 13.0. The van der Waals surface area contributed by atoms with Gasteiger partial charge in [-0.05, 0) is 65.7 Å². The van der Waals surface area contributed by atoms with Crippen molar-refractivity contribution in [1.82, 2.24) is 9.78 Å². The number of hydrogen-bond donors (Lipinski definition) is 0. The fraction of sp³-hybridized carbons (Fsp3) is 0.529. The van der Waals surface area contributed by atoms with Gasteiger partial charge in [0.1, 0.15) is 6.29 Å². The van der Waals surface area contributed by atoms with E-state index in [9.17, 15) is 4.79 Å². The molecule has 0 amide bonds. The van der Waals surface area contributed by atoms with Gasteiger partial charge in [-0.3, -0.25) is 0 Å². The first kappa shape index (κ1) is 15.7. The zero-order chi connectivity index (χ0) is 15.7. The molecule has 1 aliphatic rings. The second-order valence-electron chi connectivity index (χ2n) is 5.92. The van der Waals surface area contributed by atoms with Crippen LogP contribution in [-0.2, 0) is 9.53 Å². The molecule has 1 aliphatic heterocycles. The van der Waals surface area contributed by atoms with Gasteiger partial charge in [0.05, 0.1) is 11.7 Å². The Morgan fingerprint density at radius 3 is 3.00 bits per heavy atom. The number of ether oxygens (including phenoxy) is 1. The van der Waals surface area contributed by atoms with E-state index in [4.69, 9.17) is 4.74 Å². The maximum Gasteiger partial charge on any atom is 0.150 e. The van der Waals surface area contributed by atoms with Crippen LogP contribution in [0.5, 0.6) is 0 Å². The molecule has 4 nitrogen and oxygen atoms in total. The number of carbonyl (C=O) groups is 1. The lowest BCUT2D eigenvalue weighted by molar-refractivity contribution is -0.109. The van der Waals surface area contributed by atoms with Crippen LogP contribution >= 0.6 is 15.9 Å². The van der Waals surface area contributed by atoms with Crippen molar-refractivity contribution in [2.75, 3.05) is 6.61 Å². The molecule has 118 valence electrons. The second kappa shape index (κ2) is 6.50. The molecule has 3 rings (SSSR count). The van der Waals surface area contributed by atoms with Gasteiger partial charge in [0, 0.05) is 22.4 Å². The highest BCUT2D eigenvalue weighted by Crippen LogP contribution is 2.37. The Bertz CT molecular complexity index is 690. The molecule has 0 saturated carbocycles. The van der Waals surface area contributed by atoms with Gasteiger partial charge in [0.2, 0.25) is 0 Å². The van der Waals surface area contributed by atoms with Gasteiger partial charge in [-0.25, -0.2) is 4.68 Å². The Balaban J connectivity index is 2.11. The fourth-order valence-electron chi connectivity index (χ4n) is 3.26. The molecule has 2 heterocycles. The summed E-state index contributed by atoms with van der Waals surface area (Å²) in [5.74, 6) is -0.0759. The van der Waals surface area contributed by atoms with Crippen molar-refractivity contribution in [3.8, 4) is 0 Å². The van der Waals surface area contributed by atoms with Crippen LogP contribution in [-0.4, -0.2) is 22.7 Å². The first-order valence-electron chi connectivity index (χ1n) is 7.90. The predicted octanol–water partition coefficient (Wildman–Crippen LogP) is 4.50. The van der Waals surface area contributed by atoms with Crippen LogP contribution in [0.4, 0.5) is 0 Å². The smallest absolute Gasteiger partial charge is 0.150 e. The van der Waals surface area contributed by atoms with Crippen LogP contribution in [0, 0.1) is 6.92 Å². The van der Waals surface area contributed by atoms with Crippen molar-refractivity contribution in [3.63, 3.8) is 0 Å². The van der Waals surface area contributed by atoms with Crippen molar-refractivity contribution in [2.24, 2.45) is 0 Å². The Kier molecular flexibility index (Phi) is 4.64. The van der Waals surface area contributed by atoms with Gasteiger partial charge < -0.3 is 9.53 Å². The first-order chi connectivity index (χ1) is 10.7. The number of aromatic nitrogens is 2. The predicted molar refractivity (Wildman–Crippen MR) is 90.1 cm³/mol. The maximum atomic E-state index is 11.4. The standard InChI is InChI=1S/C17H21BrN2O2/c1-3-12(10-21)16-11(2)8-14-13(17(16)18)9-19-20(14)15-6-4-5-7-22-15/h8-10,12,15H,3-7H2,1-2H3. The van der Waals surface area contributed by atoms with Crippen LogP contribution in [0.3, 0.4) is 0 Å². The van der Waals surface area contributed by atoms with E-state index in [1.54, 1.807) is 0 Å². The Morgan fingerprint density at radius 1 is 1.55 bits per heavy atom. The average Bonchev–Trinajstić information content (AvgIpc) is 2.96. The summed E-state index contributed by atoms with van der Waals surface area (Å²) < 4.78 is 8.83. The third-order valence-electron chi connectivity index (χ3n) is 4.49. The lowest BCUT2D eigenvalue weighted by atomic mass is 9.92. The van der Waals surface area contributed by atoms with E-state index >= 15 is 0 Å². The van der Waals surface area contributed by atoms with Crippen molar-refractivity contribution in [3.05, 3.63) is 27.9 Å². The highest BCUT2D eigenvalue weighted by molar-refractivity contribution is 9.10. The third-order valence-corrected chi connectivity index (χ3v) is 5.34. The summed E-state index contributed by atoms with van der Waals surface area (Å²) >= 11 is 3.70. The van der Waals surface area contributed by atoms with Crippen molar-refractivity contribution in [2.45, 2.75) is 51.7 Å². The summed E-state index contributed by atoms with van der Waals surface area (Å²) in [5, 5.41) is 5.60. The van der Waals surface area contributed by atoms with Crippen LogP contribution < -0.4 is 0 Å². The van der Waals surface area contributed by atoms with Crippen molar-refractivity contribution < 1.29 is 9.53 Å². The summed E-state index contributed by atoms with van der Waals surface area (Å²) in [5.41, 5.74) is 3.27.